The molecule has 2 aliphatic heterocycles. The molecule has 5 atom stereocenters. The number of carbonyl (C=O) groups is 1. The van der Waals surface area contributed by atoms with E-state index in [9.17, 15) is 30.1 Å². The van der Waals surface area contributed by atoms with Gasteiger partial charge in [0.15, 0.2) is 12.2 Å². The summed E-state index contributed by atoms with van der Waals surface area (Å²) in [4.78, 5) is 40.1. The molecule has 0 aromatic heterocycles. The van der Waals surface area contributed by atoms with E-state index in [0.717, 1.165) is 0 Å². The maximum absolute atomic E-state index is 11.6. The predicted octanol–water partition coefficient (Wildman–Crippen LogP) is -1.53. The number of aliphatic hydroxyl groups excluding tert-OH is 1. The maximum atomic E-state index is 11.6. The van der Waals surface area contributed by atoms with E-state index in [1.165, 1.54) is 0 Å². The van der Waals surface area contributed by atoms with E-state index in [4.69, 9.17) is 23.7 Å². The molecular weight excluding hydrogens is 380 g/mol. The molecule has 0 aromatic carbocycles. The van der Waals surface area contributed by atoms with Gasteiger partial charge in [0, 0.05) is 0 Å². The lowest BCUT2D eigenvalue weighted by atomic mass is 10.1. The summed E-state index contributed by atoms with van der Waals surface area (Å²) in [6, 6.07) is 0. The van der Waals surface area contributed by atoms with E-state index in [0.29, 0.717) is 0 Å². The Morgan fingerprint density at radius 1 is 1.11 bits per heavy atom. The summed E-state index contributed by atoms with van der Waals surface area (Å²) in [5, 5.41) is 27.7. The van der Waals surface area contributed by atoms with Gasteiger partial charge >= 0.3 is 6.16 Å². The minimum Gasteiger partial charge on any atom is -0.432 e. The largest absolute Gasteiger partial charge is 0.508 e. The van der Waals surface area contributed by atoms with Gasteiger partial charge in [0.05, 0.1) is 26.4 Å². The van der Waals surface area contributed by atoms with Crippen LogP contribution in [-0.2, 0) is 33.4 Å². The molecule has 1 unspecified atom stereocenters. The Balaban J connectivity index is 1.59. The van der Waals surface area contributed by atoms with Gasteiger partial charge in [-0.15, -0.1) is 20.2 Å². The van der Waals surface area contributed by atoms with Crippen molar-refractivity contribution in [3.8, 4) is 0 Å². The van der Waals surface area contributed by atoms with Crippen molar-refractivity contribution in [1.82, 2.24) is 0 Å². The number of aliphatic hydroxyl groups is 1. The average Bonchev–Trinajstić information content (AvgIpc) is 3.15. The van der Waals surface area contributed by atoms with E-state index < -0.39 is 60.1 Å². The Morgan fingerprint density at radius 3 is 2.56 bits per heavy atom. The monoisotopic (exact) mass is 398 g/mol. The molecule has 0 bridgehead atoms. The number of hydrogen-bond donors (Lipinski definition) is 1. The predicted molar refractivity (Wildman–Crippen MR) is 77.3 cm³/mol. The lowest BCUT2D eigenvalue weighted by Crippen LogP contribution is -2.34. The zero-order valence-electron chi connectivity index (χ0n) is 13.9. The van der Waals surface area contributed by atoms with Crippen LogP contribution in [-0.4, -0.2) is 91.6 Å². The minimum absolute atomic E-state index is 0.0638. The van der Waals surface area contributed by atoms with Gasteiger partial charge in [0.2, 0.25) is 0 Å². The number of carbonyl (C=O) groups excluding carboxylic acids is 1. The fraction of sp³-hybridized carbons (Fsp3) is 0.917. The van der Waals surface area contributed by atoms with Crippen molar-refractivity contribution in [3.05, 3.63) is 20.2 Å². The molecule has 2 fully saturated rings. The third-order valence-electron chi connectivity index (χ3n) is 3.58. The van der Waals surface area contributed by atoms with Crippen LogP contribution in [0.4, 0.5) is 4.79 Å². The van der Waals surface area contributed by atoms with E-state index >= 15 is 0 Å². The third kappa shape index (κ3) is 6.63. The number of hydrogen-bond acceptors (Lipinski definition) is 13. The zero-order chi connectivity index (χ0) is 19.8. The first-order valence-corrected chi connectivity index (χ1v) is 7.77. The van der Waals surface area contributed by atoms with Crippen molar-refractivity contribution >= 4 is 6.16 Å². The van der Waals surface area contributed by atoms with Crippen LogP contribution in [0.15, 0.2) is 0 Å². The molecule has 2 heterocycles. The first kappa shape index (κ1) is 20.8. The fourth-order valence-electron chi connectivity index (χ4n) is 2.48. The highest BCUT2D eigenvalue weighted by Gasteiger charge is 2.49. The van der Waals surface area contributed by atoms with Crippen LogP contribution in [0.1, 0.15) is 0 Å². The quantitative estimate of drug-likeness (QED) is 0.183. The van der Waals surface area contributed by atoms with Crippen molar-refractivity contribution in [3.63, 3.8) is 0 Å². The van der Waals surface area contributed by atoms with Crippen molar-refractivity contribution in [1.29, 1.82) is 0 Å². The van der Waals surface area contributed by atoms with Crippen molar-refractivity contribution in [2.24, 2.45) is 0 Å². The summed E-state index contributed by atoms with van der Waals surface area (Å²) >= 11 is 0. The second-order valence-electron chi connectivity index (χ2n) is 5.46. The summed E-state index contributed by atoms with van der Waals surface area (Å²) in [6.45, 7) is -1.37. The Bertz CT molecular complexity index is 531. The smallest absolute Gasteiger partial charge is 0.432 e. The first-order valence-electron chi connectivity index (χ1n) is 7.77. The van der Waals surface area contributed by atoms with Crippen LogP contribution < -0.4 is 0 Å². The third-order valence-corrected chi connectivity index (χ3v) is 3.58. The zero-order valence-corrected chi connectivity index (χ0v) is 13.9. The van der Waals surface area contributed by atoms with Gasteiger partial charge in [-0.05, 0) is 0 Å². The Morgan fingerprint density at radius 2 is 1.85 bits per heavy atom. The van der Waals surface area contributed by atoms with E-state index in [2.05, 4.69) is 9.68 Å². The molecule has 0 radical (unpaired) electrons. The molecule has 0 saturated carbocycles. The SMILES string of the molecule is O=C(OCCOCC(CO[N+](=O)[O-])O[N+](=O)[O-])O[C@@H]1CO[C@H]2[C@@H]1OC[C@H]2O. The highest BCUT2D eigenvalue weighted by Crippen LogP contribution is 2.28. The Labute approximate surface area is 151 Å². The van der Waals surface area contributed by atoms with E-state index in [1.807, 2.05) is 0 Å². The standard InChI is InChI=1S/C12H18N2O13/c15-8-5-23-11-9(6-24-10(8)11)26-12(16)22-2-1-21-3-7(27-14(19)20)4-25-13(17)18/h7-11,15H,1-6H2/t7?,8-,9-,10-,11-/m1/s1. The Hall–Kier alpha value is -2.49. The first-order chi connectivity index (χ1) is 12.9. The molecule has 15 heteroatoms. The number of nitrogens with zero attached hydrogens (tertiary/aromatic N) is 2. The summed E-state index contributed by atoms with van der Waals surface area (Å²) in [5.74, 6) is 0. The van der Waals surface area contributed by atoms with Crippen LogP contribution in [0, 0.1) is 20.2 Å². The molecular formula is C12H18N2O13. The fourth-order valence-corrected chi connectivity index (χ4v) is 2.48. The summed E-state index contributed by atoms with van der Waals surface area (Å²) < 4.78 is 25.3. The molecule has 0 aromatic rings. The molecule has 0 spiro atoms. The van der Waals surface area contributed by atoms with Gasteiger partial charge in [-0.25, -0.2) is 4.79 Å². The highest BCUT2D eigenvalue weighted by atomic mass is 17.0. The molecule has 27 heavy (non-hydrogen) atoms. The van der Waals surface area contributed by atoms with Crippen molar-refractivity contribution in [2.75, 3.05) is 39.6 Å². The van der Waals surface area contributed by atoms with Gasteiger partial charge in [0.25, 0.3) is 10.2 Å². The summed E-state index contributed by atoms with van der Waals surface area (Å²) in [5.41, 5.74) is 0. The van der Waals surface area contributed by atoms with Gasteiger partial charge in [-0.2, -0.15) is 0 Å². The van der Waals surface area contributed by atoms with Gasteiger partial charge in [0.1, 0.15) is 31.5 Å². The normalized spacial score (nSPS) is 27.4. The lowest BCUT2D eigenvalue weighted by molar-refractivity contribution is -0.790. The van der Waals surface area contributed by atoms with Crippen LogP contribution in [0.2, 0.25) is 0 Å². The summed E-state index contributed by atoms with van der Waals surface area (Å²) in [7, 11) is 0. The topological polar surface area (TPSA) is 188 Å². The number of ether oxygens (including phenoxy) is 5. The molecule has 154 valence electrons. The molecule has 2 aliphatic rings. The Kier molecular flexibility index (Phi) is 7.71. The molecule has 0 aliphatic carbocycles. The second-order valence-corrected chi connectivity index (χ2v) is 5.46. The van der Waals surface area contributed by atoms with Gasteiger partial charge < -0.3 is 38.5 Å². The van der Waals surface area contributed by atoms with Crippen LogP contribution in [0.25, 0.3) is 0 Å². The van der Waals surface area contributed by atoms with Gasteiger partial charge in [-0.1, -0.05) is 0 Å². The lowest BCUT2D eigenvalue weighted by Gasteiger charge is -2.16. The molecule has 0 amide bonds. The van der Waals surface area contributed by atoms with Crippen LogP contribution in [0.3, 0.4) is 0 Å². The minimum atomic E-state index is -1.32. The molecule has 2 rings (SSSR count). The van der Waals surface area contributed by atoms with E-state index in [-0.39, 0.29) is 26.4 Å². The van der Waals surface area contributed by atoms with Crippen LogP contribution >= 0.6 is 0 Å². The number of rotatable bonds is 11. The molecule has 15 nitrogen and oxygen atoms in total. The highest BCUT2D eigenvalue weighted by molar-refractivity contribution is 5.60. The summed E-state index contributed by atoms with van der Waals surface area (Å²) in [6.07, 6.45) is -4.93. The number of fused-ring (bicyclic) bond motifs is 1. The van der Waals surface area contributed by atoms with Crippen LogP contribution in [0.5, 0.6) is 0 Å². The van der Waals surface area contributed by atoms with E-state index in [1.54, 1.807) is 0 Å². The second kappa shape index (κ2) is 10.0. The van der Waals surface area contributed by atoms with Gasteiger partial charge in [-0.3, -0.25) is 0 Å². The van der Waals surface area contributed by atoms with Crippen molar-refractivity contribution in [2.45, 2.75) is 30.5 Å². The molecule has 2 saturated heterocycles. The molecule has 1 N–H and O–H groups in total. The van der Waals surface area contributed by atoms with Crippen molar-refractivity contribution < 1.29 is 53.4 Å². The average molecular weight is 398 g/mol. The maximum Gasteiger partial charge on any atom is 0.508 e.